The van der Waals surface area contributed by atoms with Crippen LogP contribution in [0.4, 0.5) is 4.79 Å². The topological polar surface area (TPSA) is 38.8 Å². The highest BCUT2D eigenvalue weighted by Gasteiger charge is 2.37. The summed E-state index contributed by atoms with van der Waals surface area (Å²) >= 11 is 0. The predicted octanol–water partition coefficient (Wildman–Crippen LogP) is 4.73. The van der Waals surface area contributed by atoms with E-state index in [1.54, 1.807) is 0 Å². The highest BCUT2D eigenvalue weighted by molar-refractivity contribution is 5.68. The molecule has 0 spiro atoms. The number of hydrogen-bond acceptors (Lipinski definition) is 3. The molecule has 1 aliphatic heterocycles. The molecule has 0 aromatic heterocycles. The lowest BCUT2D eigenvalue weighted by atomic mass is 9.89. The van der Waals surface area contributed by atoms with E-state index in [-0.39, 0.29) is 6.09 Å². The van der Waals surface area contributed by atoms with Crippen LogP contribution in [0.5, 0.6) is 0 Å². The summed E-state index contributed by atoms with van der Waals surface area (Å²) in [7, 11) is 0. The lowest BCUT2D eigenvalue weighted by Crippen LogP contribution is -2.35. The van der Waals surface area contributed by atoms with Gasteiger partial charge in [0.05, 0.1) is 13.2 Å². The molecule has 0 bridgehead atoms. The van der Waals surface area contributed by atoms with Crippen molar-refractivity contribution in [2.45, 2.75) is 53.2 Å². The number of carbonyl (C=O) groups excluding carboxylic acids is 1. The molecular weight excluding hydrogens is 314 g/mol. The second kappa shape index (κ2) is 8.70. The predicted molar refractivity (Wildman–Crippen MR) is 100 cm³/mol. The first kappa shape index (κ1) is 19.8. The molecule has 0 unspecified atom stereocenters. The normalized spacial score (nSPS) is 21.0. The lowest BCUT2D eigenvalue weighted by molar-refractivity contribution is 0.0271. The molecule has 140 valence electrons. The average Bonchev–Trinajstić information content (AvgIpc) is 2.89. The summed E-state index contributed by atoms with van der Waals surface area (Å²) in [4.78, 5) is 14.3. The highest BCUT2D eigenvalue weighted by Crippen LogP contribution is 2.30. The van der Waals surface area contributed by atoms with Gasteiger partial charge >= 0.3 is 6.09 Å². The molecule has 1 saturated heterocycles. The molecule has 1 aliphatic rings. The number of carbonyl (C=O) groups is 1. The minimum atomic E-state index is -0.452. The third kappa shape index (κ3) is 6.69. The van der Waals surface area contributed by atoms with Gasteiger partial charge in [0.15, 0.2) is 0 Å². The van der Waals surface area contributed by atoms with Crippen LogP contribution in [0.25, 0.3) is 0 Å². The van der Waals surface area contributed by atoms with Crippen LogP contribution in [0, 0.1) is 17.8 Å². The fourth-order valence-electron chi connectivity index (χ4n) is 3.38. The van der Waals surface area contributed by atoms with E-state index in [2.05, 4.69) is 26.0 Å². The van der Waals surface area contributed by atoms with Gasteiger partial charge in [0.25, 0.3) is 0 Å². The Hall–Kier alpha value is -1.55. The smallest absolute Gasteiger partial charge is 0.410 e. The van der Waals surface area contributed by atoms with Crippen molar-refractivity contribution in [1.82, 2.24) is 4.90 Å². The molecule has 2 atom stereocenters. The Labute approximate surface area is 152 Å². The molecule has 25 heavy (non-hydrogen) atoms. The van der Waals surface area contributed by atoms with E-state index >= 15 is 0 Å². The minimum Gasteiger partial charge on any atom is -0.444 e. The van der Waals surface area contributed by atoms with Crippen LogP contribution in [-0.2, 0) is 16.1 Å². The first-order chi connectivity index (χ1) is 11.7. The van der Waals surface area contributed by atoms with Gasteiger partial charge in [-0.2, -0.15) is 0 Å². The van der Waals surface area contributed by atoms with Crippen LogP contribution in [-0.4, -0.2) is 36.3 Å². The van der Waals surface area contributed by atoms with Crippen LogP contribution in [0.1, 0.15) is 46.6 Å². The molecule has 1 aromatic rings. The number of amides is 1. The van der Waals surface area contributed by atoms with Crippen molar-refractivity contribution in [3.63, 3.8) is 0 Å². The van der Waals surface area contributed by atoms with Crippen LogP contribution in [0.2, 0.25) is 0 Å². The van der Waals surface area contributed by atoms with Gasteiger partial charge in [-0.25, -0.2) is 4.79 Å². The molecule has 0 N–H and O–H groups in total. The minimum absolute atomic E-state index is 0.202. The maximum Gasteiger partial charge on any atom is 0.410 e. The first-order valence-electron chi connectivity index (χ1n) is 9.34. The van der Waals surface area contributed by atoms with Crippen molar-refractivity contribution in [3.05, 3.63) is 35.9 Å². The van der Waals surface area contributed by atoms with Crippen LogP contribution in [0.3, 0.4) is 0 Å². The molecule has 2 rings (SSSR count). The Balaban J connectivity index is 1.90. The van der Waals surface area contributed by atoms with Gasteiger partial charge in [-0.1, -0.05) is 44.2 Å². The molecule has 1 amide bonds. The summed E-state index contributed by atoms with van der Waals surface area (Å²) in [6.07, 6.45) is 0.908. The highest BCUT2D eigenvalue weighted by atomic mass is 16.6. The van der Waals surface area contributed by atoms with Crippen molar-refractivity contribution >= 4 is 6.09 Å². The van der Waals surface area contributed by atoms with Gasteiger partial charge in [0.2, 0.25) is 0 Å². The van der Waals surface area contributed by atoms with E-state index in [4.69, 9.17) is 9.47 Å². The second-order valence-corrected chi connectivity index (χ2v) is 8.54. The third-order valence-corrected chi connectivity index (χ3v) is 4.45. The molecule has 0 saturated carbocycles. The van der Waals surface area contributed by atoms with Crippen molar-refractivity contribution in [2.75, 3.05) is 19.7 Å². The quantitative estimate of drug-likeness (QED) is 0.746. The van der Waals surface area contributed by atoms with E-state index in [0.29, 0.717) is 31.0 Å². The van der Waals surface area contributed by atoms with Crippen LogP contribution < -0.4 is 0 Å². The van der Waals surface area contributed by atoms with Gasteiger partial charge in [-0.05, 0) is 44.6 Å². The molecular formula is C21H33NO3. The molecule has 1 heterocycles. The van der Waals surface area contributed by atoms with Crippen molar-refractivity contribution < 1.29 is 14.3 Å². The number of rotatable bonds is 6. The van der Waals surface area contributed by atoms with E-state index in [0.717, 1.165) is 19.5 Å². The molecule has 4 nitrogen and oxygen atoms in total. The summed E-state index contributed by atoms with van der Waals surface area (Å²) in [5.74, 6) is 1.46. The summed E-state index contributed by atoms with van der Waals surface area (Å²) in [6.45, 7) is 13.0. The van der Waals surface area contributed by atoms with Crippen molar-refractivity contribution in [3.8, 4) is 0 Å². The molecule has 0 aliphatic carbocycles. The van der Waals surface area contributed by atoms with Gasteiger partial charge in [0, 0.05) is 19.0 Å². The summed E-state index contributed by atoms with van der Waals surface area (Å²) < 4.78 is 11.5. The van der Waals surface area contributed by atoms with Crippen molar-refractivity contribution in [1.29, 1.82) is 0 Å². The maximum atomic E-state index is 12.4. The average molecular weight is 347 g/mol. The van der Waals surface area contributed by atoms with Crippen molar-refractivity contribution in [2.24, 2.45) is 17.8 Å². The standard InChI is InChI=1S/C21H33NO3/c1-16(2)11-18-12-22(20(23)25-21(3,4)5)13-19(18)15-24-14-17-9-7-6-8-10-17/h6-10,16,18-19H,11-15H2,1-5H3/t18-,19+/m1/s1. The van der Waals surface area contributed by atoms with Gasteiger partial charge < -0.3 is 14.4 Å². The van der Waals surface area contributed by atoms with E-state index < -0.39 is 5.60 Å². The molecule has 1 aromatic carbocycles. The molecule has 0 radical (unpaired) electrons. The fraction of sp³-hybridized carbons (Fsp3) is 0.667. The van der Waals surface area contributed by atoms with Crippen LogP contribution >= 0.6 is 0 Å². The second-order valence-electron chi connectivity index (χ2n) is 8.54. The summed E-state index contributed by atoms with van der Waals surface area (Å²) in [6, 6.07) is 10.2. The lowest BCUT2D eigenvalue weighted by Gasteiger charge is -2.24. The number of likely N-dealkylation sites (tertiary alicyclic amines) is 1. The third-order valence-electron chi connectivity index (χ3n) is 4.45. The zero-order valence-electron chi connectivity index (χ0n) is 16.3. The zero-order valence-corrected chi connectivity index (χ0v) is 16.3. The van der Waals surface area contributed by atoms with E-state index in [1.807, 2.05) is 43.9 Å². The SMILES string of the molecule is CC(C)C[C@@H]1CN(C(=O)OC(C)(C)C)C[C@H]1COCc1ccccc1. The monoisotopic (exact) mass is 347 g/mol. The number of hydrogen-bond donors (Lipinski definition) is 0. The Kier molecular flexibility index (Phi) is 6.88. The fourth-order valence-corrected chi connectivity index (χ4v) is 3.38. The Morgan fingerprint density at radius 2 is 1.80 bits per heavy atom. The van der Waals surface area contributed by atoms with Gasteiger partial charge in [-0.15, -0.1) is 0 Å². The Morgan fingerprint density at radius 1 is 1.16 bits per heavy atom. The molecule has 4 heteroatoms. The number of ether oxygens (including phenoxy) is 2. The summed E-state index contributed by atoms with van der Waals surface area (Å²) in [5.41, 5.74) is 0.733. The van der Waals surface area contributed by atoms with Gasteiger partial charge in [0.1, 0.15) is 5.60 Å². The summed E-state index contributed by atoms with van der Waals surface area (Å²) in [5, 5.41) is 0. The number of nitrogens with zero attached hydrogens (tertiary/aromatic N) is 1. The zero-order chi connectivity index (χ0) is 18.4. The number of benzene rings is 1. The van der Waals surface area contributed by atoms with E-state index in [1.165, 1.54) is 5.56 Å². The molecule has 1 fully saturated rings. The maximum absolute atomic E-state index is 12.4. The Morgan fingerprint density at radius 3 is 2.40 bits per heavy atom. The van der Waals surface area contributed by atoms with Gasteiger partial charge in [-0.3, -0.25) is 0 Å². The van der Waals surface area contributed by atoms with Crippen LogP contribution in [0.15, 0.2) is 30.3 Å². The first-order valence-corrected chi connectivity index (χ1v) is 9.34. The Bertz CT molecular complexity index is 536. The van der Waals surface area contributed by atoms with E-state index in [9.17, 15) is 4.79 Å². The largest absolute Gasteiger partial charge is 0.444 e.